The molecule has 2 rings (SSSR count). The fraction of sp³-hybridized carbons (Fsp3) is 0.733. The summed E-state index contributed by atoms with van der Waals surface area (Å²) in [6.07, 6.45) is 2.04. The molecule has 1 saturated heterocycles. The molecule has 1 aromatic carbocycles. The van der Waals surface area contributed by atoms with Crippen LogP contribution in [0.25, 0.3) is 0 Å². The van der Waals surface area contributed by atoms with Gasteiger partial charge in [0.15, 0.2) is 0 Å². The van der Waals surface area contributed by atoms with Crippen molar-refractivity contribution in [3.05, 3.63) is 29.1 Å². The first kappa shape index (κ1) is 39.7. The van der Waals surface area contributed by atoms with Gasteiger partial charge in [0.1, 0.15) is 0 Å². The number of likely N-dealkylation sites (tertiary alicyclic amines) is 1. The molecule has 1 amide bonds. The second-order valence-corrected chi connectivity index (χ2v) is 10.2. The number of hydrogen-bond donors (Lipinski definition) is 0. The number of piperidine rings is 1. The summed E-state index contributed by atoms with van der Waals surface area (Å²) < 4.78 is 108. The molecule has 0 atom stereocenters. The van der Waals surface area contributed by atoms with Gasteiger partial charge in [-0.3, -0.25) is 9.59 Å². The molecule has 0 radical (unpaired) electrons. The van der Waals surface area contributed by atoms with Crippen molar-refractivity contribution in [2.24, 2.45) is 5.92 Å². The molecule has 46 heavy (non-hydrogen) atoms. The summed E-state index contributed by atoms with van der Waals surface area (Å²) in [5, 5.41) is 0. The molecule has 0 aliphatic carbocycles. The average Bonchev–Trinajstić information content (AvgIpc) is 3.05. The van der Waals surface area contributed by atoms with Gasteiger partial charge >= 0.3 is 5.97 Å². The number of rotatable bonds is 25. The minimum atomic E-state index is -2.35. The van der Waals surface area contributed by atoms with Crippen LogP contribution in [0.3, 0.4) is 0 Å². The molecule has 0 saturated carbocycles. The highest BCUT2D eigenvalue weighted by Crippen LogP contribution is 2.29. The van der Waals surface area contributed by atoms with Crippen LogP contribution in [0.5, 0.6) is 5.75 Å². The van der Waals surface area contributed by atoms with Crippen molar-refractivity contribution in [1.29, 1.82) is 0 Å². The van der Waals surface area contributed by atoms with Gasteiger partial charge in [-0.05, 0) is 18.8 Å². The molecule has 0 N–H and O–H groups in total. The minimum absolute atomic E-state index is 0.0817. The molecule has 1 heterocycles. The Hall–Kier alpha value is -2.47. The van der Waals surface area contributed by atoms with E-state index < -0.39 is 47.2 Å². The Bertz CT molecular complexity index is 1000. The number of esters is 1. The summed E-state index contributed by atoms with van der Waals surface area (Å²) in [6.45, 7) is 8.16. The van der Waals surface area contributed by atoms with Gasteiger partial charge in [0.05, 0.1) is 105 Å². The van der Waals surface area contributed by atoms with E-state index in [2.05, 4.69) is 11.7 Å². The van der Waals surface area contributed by atoms with E-state index >= 15 is 0 Å². The smallest absolute Gasteiger partial charge is 0.313 e. The van der Waals surface area contributed by atoms with Crippen molar-refractivity contribution in [3.63, 3.8) is 0 Å². The molecular formula is C30H44F5NO10. The molecule has 1 aromatic rings. The van der Waals surface area contributed by atoms with Crippen LogP contribution in [0.15, 0.2) is 0 Å². The van der Waals surface area contributed by atoms with Crippen molar-refractivity contribution in [1.82, 2.24) is 4.90 Å². The fourth-order valence-electron chi connectivity index (χ4n) is 3.99. The summed E-state index contributed by atoms with van der Waals surface area (Å²) >= 11 is 0. The van der Waals surface area contributed by atoms with E-state index in [0.29, 0.717) is 78.4 Å². The van der Waals surface area contributed by atoms with Crippen LogP contribution in [0.1, 0.15) is 32.6 Å². The number of benzene rings is 1. The van der Waals surface area contributed by atoms with E-state index in [1.54, 1.807) is 0 Å². The molecule has 16 heteroatoms. The van der Waals surface area contributed by atoms with Crippen LogP contribution in [0.2, 0.25) is 0 Å². The van der Waals surface area contributed by atoms with Crippen LogP contribution >= 0.6 is 0 Å². The van der Waals surface area contributed by atoms with Crippen LogP contribution in [0, 0.1) is 35.0 Å². The first-order valence-electron chi connectivity index (χ1n) is 15.3. The monoisotopic (exact) mass is 673 g/mol. The highest BCUT2D eigenvalue weighted by molar-refractivity contribution is 5.76. The number of ether oxygens (including phenoxy) is 8. The SMILES string of the molecule is CC1CCN(C(=O)CCOCCOCCOCCOCCOCCOCCOCCC(=O)Oc2c(F)c(F)c(F)c(F)c2F)CC1. The normalized spacial score (nSPS) is 13.8. The molecule has 0 unspecified atom stereocenters. The van der Waals surface area contributed by atoms with Crippen molar-refractivity contribution in [2.75, 3.05) is 106 Å². The maximum atomic E-state index is 13.5. The lowest BCUT2D eigenvalue weighted by Gasteiger charge is -2.30. The maximum Gasteiger partial charge on any atom is 0.313 e. The summed E-state index contributed by atoms with van der Waals surface area (Å²) in [5.41, 5.74) is 0. The van der Waals surface area contributed by atoms with Gasteiger partial charge in [-0.1, -0.05) is 6.92 Å². The molecule has 1 aliphatic heterocycles. The molecule has 1 fully saturated rings. The van der Waals surface area contributed by atoms with Crippen LogP contribution in [0.4, 0.5) is 22.0 Å². The zero-order valence-electron chi connectivity index (χ0n) is 26.1. The lowest BCUT2D eigenvalue weighted by atomic mass is 9.99. The summed E-state index contributed by atoms with van der Waals surface area (Å²) in [7, 11) is 0. The van der Waals surface area contributed by atoms with Gasteiger partial charge in [0, 0.05) is 13.1 Å². The van der Waals surface area contributed by atoms with E-state index in [-0.39, 0.29) is 32.3 Å². The van der Waals surface area contributed by atoms with E-state index in [1.165, 1.54) is 0 Å². The van der Waals surface area contributed by atoms with Gasteiger partial charge < -0.3 is 42.8 Å². The quantitative estimate of drug-likeness (QED) is 0.0383. The van der Waals surface area contributed by atoms with E-state index in [9.17, 15) is 31.5 Å². The lowest BCUT2D eigenvalue weighted by molar-refractivity contribution is -0.136. The van der Waals surface area contributed by atoms with Crippen molar-refractivity contribution in [2.45, 2.75) is 32.6 Å². The Morgan fingerprint density at radius 3 is 1.26 bits per heavy atom. The van der Waals surface area contributed by atoms with E-state index in [4.69, 9.17) is 33.2 Å². The maximum absolute atomic E-state index is 13.5. The van der Waals surface area contributed by atoms with Crippen LogP contribution in [-0.4, -0.2) is 122 Å². The Morgan fingerprint density at radius 1 is 0.543 bits per heavy atom. The molecule has 11 nitrogen and oxygen atoms in total. The second kappa shape index (κ2) is 23.8. The van der Waals surface area contributed by atoms with Crippen molar-refractivity contribution < 1.29 is 69.4 Å². The van der Waals surface area contributed by atoms with Gasteiger partial charge in [0.2, 0.25) is 40.7 Å². The number of nitrogens with zero attached hydrogens (tertiary/aromatic N) is 1. The molecule has 0 bridgehead atoms. The van der Waals surface area contributed by atoms with Gasteiger partial charge in [-0.2, -0.15) is 8.78 Å². The highest BCUT2D eigenvalue weighted by Gasteiger charge is 2.28. The Labute approximate surface area is 265 Å². The van der Waals surface area contributed by atoms with E-state index in [1.807, 2.05) is 4.90 Å². The van der Waals surface area contributed by atoms with Crippen LogP contribution < -0.4 is 4.74 Å². The summed E-state index contributed by atoms with van der Waals surface area (Å²) in [5.74, 6) is -13.3. The predicted octanol–water partition coefficient (Wildman–Crippen LogP) is 3.44. The van der Waals surface area contributed by atoms with Crippen molar-refractivity contribution >= 4 is 11.9 Å². The number of amides is 1. The van der Waals surface area contributed by atoms with Crippen molar-refractivity contribution in [3.8, 4) is 5.75 Å². The zero-order chi connectivity index (χ0) is 33.6. The average molecular weight is 674 g/mol. The third-order valence-electron chi connectivity index (χ3n) is 6.66. The van der Waals surface area contributed by atoms with Crippen LogP contribution in [-0.2, 0) is 42.7 Å². The number of carbonyl (C=O) groups excluding carboxylic acids is 2. The predicted molar refractivity (Wildman–Crippen MR) is 152 cm³/mol. The minimum Gasteiger partial charge on any atom is -0.420 e. The molecule has 0 aromatic heterocycles. The molecule has 264 valence electrons. The Kier molecular flexibility index (Phi) is 20.5. The summed E-state index contributed by atoms with van der Waals surface area (Å²) in [4.78, 5) is 25.7. The Morgan fingerprint density at radius 2 is 0.870 bits per heavy atom. The summed E-state index contributed by atoms with van der Waals surface area (Å²) in [6, 6.07) is 0. The second-order valence-electron chi connectivity index (χ2n) is 10.2. The number of halogens is 5. The highest BCUT2D eigenvalue weighted by atomic mass is 19.2. The number of carbonyl (C=O) groups is 2. The largest absolute Gasteiger partial charge is 0.420 e. The lowest BCUT2D eigenvalue weighted by Crippen LogP contribution is -2.38. The van der Waals surface area contributed by atoms with Gasteiger partial charge in [-0.25, -0.2) is 13.2 Å². The molecule has 1 aliphatic rings. The van der Waals surface area contributed by atoms with E-state index in [0.717, 1.165) is 25.9 Å². The first-order valence-corrected chi connectivity index (χ1v) is 15.3. The topological polar surface area (TPSA) is 111 Å². The zero-order valence-corrected chi connectivity index (χ0v) is 26.1. The Balaban J connectivity index is 1.27. The molecular weight excluding hydrogens is 629 g/mol. The number of hydrogen-bond acceptors (Lipinski definition) is 10. The first-order chi connectivity index (χ1) is 22.2. The third-order valence-corrected chi connectivity index (χ3v) is 6.66. The van der Waals surface area contributed by atoms with Gasteiger partial charge in [0.25, 0.3) is 0 Å². The fourth-order valence-corrected chi connectivity index (χ4v) is 3.99. The molecule has 0 spiro atoms. The van der Waals surface area contributed by atoms with Gasteiger partial charge in [-0.15, -0.1) is 0 Å². The third kappa shape index (κ3) is 15.9. The standard InChI is InChI=1S/C30H44F5NO10/c1-22-2-6-36(7-3-22)23(37)4-8-39-10-12-41-14-16-43-18-20-45-21-19-44-17-15-42-13-11-40-9-5-24(38)46-30-28(34)26(32)25(31)27(33)29(30)35/h22H,2-21H2,1H3.